The maximum absolute atomic E-state index is 13.1. The van der Waals surface area contributed by atoms with E-state index < -0.39 is 5.25 Å². The van der Waals surface area contributed by atoms with E-state index in [9.17, 15) is 14.4 Å². The second-order valence-electron chi connectivity index (χ2n) is 8.17. The number of nitrogens with zero attached hydrogens (tertiary/aromatic N) is 6. The van der Waals surface area contributed by atoms with Crippen LogP contribution in [0.3, 0.4) is 0 Å². The molecule has 2 aliphatic heterocycles. The Morgan fingerprint density at radius 2 is 1.80 bits per heavy atom. The van der Waals surface area contributed by atoms with E-state index in [4.69, 9.17) is 0 Å². The van der Waals surface area contributed by atoms with Crippen LogP contribution in [0.4, 0.5) is 11.6 Å². The van der Waals surface area contributed by atoms with Gasteiger partial charge >= 0.3 is 0 Å². The third-order valence-electron chi connectivity index (χ3n) is 5.93. The molecule has 0 unspecified atom stereocenters. The van der Waals surface area contributed by atoms with Crippen LogP contribution in [-0.2, 0) is 9.59 Å². The topological polar surface area (TPSA) is 111 Å². The molecule has 0 radical (unpaired) electrons. The highest BCUT2D eigenvalue weighted by atomic mass is 32.2. The molecule has 4 rings (SSSR count). The van der Waals surface area contributed by atoms with Crippen molar-refractivity contribution in [3.8, 4) is 0 Å². The smallest absolute Gasteiger partial charge is 0.262 e. The van der Waals surface area contributed by atoms with Crippen LogP contribution < -0.4 is 10.2 Å². The molecule has 2 aromatic rings. The van der Waals surface area contributed by atoms with Crippen LogP contribution in [0.1, 0.15) is 30.6 Å². The monoisotopic (exact) mass is 495 g/mol. The molecule has 0 bridgehead atoms. The minimum absolute atomic E-state index is 0.0272. The number of piperazine rings is 1. The number of carbonyl (C=O) groups is 3. The van der Waals surface area contributed by atoms with Crippen LogP contribution in [0.15, 0.2) is 47.7 Å². The van der Waals surface area contributed by atoms with E-state index >= 15 is 0 Å². The molecule has 1 aromatic carbocycles. The molecular weight excluding hydrogens is 466 g/mol. The number of nitrogens with one attached hydrogen (secondary N) is 1. The normalized spacial score (nSPS) is 17.8. The maximum Gasteiger partial charge on any atom is 0.262 e. The second-order valence-corrected chi connectivity index (χ2v) is 9.34. The number of rotatable bonds is 7. The van der Waals surface area contributed by atoms with Gasteiger partial charge in [-0.05, 0) is 38.1 Å². The molecule has 1 fully saturated rings. The van der Waals surface area contributed by atoms with Crippen molar-refractivity contribution in [3.63, 3.8) is 0 Å². The Bertz CT molecular complexity index is 1100. The molecule has 3 amide bonds. The zero-order chi connectivity index (χ0) is 24.8. The van der Waals surface area contributed by atoms with Gasteiger partial charge in [0.2, 0.25) is 11.9 Å². The summed E-state index contributed by atoms with van der Waals surface area (Å²) in [6.45, 7) is 7.93. The second kappa shape index (κ2) is 11.3. The zero-order valence-electron chi connectivity index (χ0n) is 19.9. The number of amidine groups is 1. The maximum atomic E-state index is 13.1. The summed E-state index contributed by atoms with van der Waals surface area (Å²) in [4.78, 5) is 56.5. The Kier molecular flexibility index (Phi) is 7.96. The fourth-order valence-corrected chi connectivity index (χ4v) is 5.19. The van der Waals surface area contributed by atoms with Gasteiger partial charge in [-0.15, -0.1) is 0 Å². The van der Waals surface area contributed by atoms with E-state index in [2.05, 4.69) is 25.2 Å². The van der Waals surface area contributed by atoms with E-state index in [0.29, 0.717) is 48.5 Å². The standard InChI is InChI=1S/C24H29N7O3S/c1-3-29(4-2)24-28-21(33)19(35-24)16-20(32)27-18-8-5-7-17(15-18)22(34)30-11-13-31(14-12-30)23-25-9-6-10-26-23/h5-10,15,19H,3-4,11-14,16H2,1-2H3,(H,27,32)/t19-/m1/s1. The van der Waals surface area contributed by atoms with Crippen molar-refractivity contribution in [2.24, 2.45) is 4.99 Å². The molecular formula is C24H29N7O3S. The molecule has 35 heavy (non-hydrogen) atoms. The molecule has 1 aromatic heterocycles. The van der Waals surface area contributed by atoms with Gasteiger partial charge in [0.15, 0.2) is 5.17 Å². The van der Waals surface area contributed by atoms with Crippen LogP contribution >= 0.6 is 11.8 Å². The predicted molar refractivity (Wildman–Crippen MR) is 137 cm³/mol. The number of thioether (sulfide) groups is 1. The minimum Gasteiger partial charge on any atom is -0.352 e. The third-order valence-corrected chi connectivity index (χ3v) is 7.14. The summed E-state index contributed by atoms with van der Waals surface area (Å²) in [5.41, 5.74) is 1.03. The van der Waals surface area contributed by atoms with Crippen molar-refractivity contribution in [2.45, 2.75) is 25.5 Å². The molecule has 10 nitrogen and oxygen atoms in total. The first-order valence-corrected chi connectivity index (χ1v) is 12.6. The molecule has 11 heteroatoms. The van der Waals surface area contributed by atoms with Crippen molar-refractivity contribution < 1.29 is 14.4 Å². The fraction of sp³-hybridized carbons (Fsp3) is 0.417. The van der Waals surface area contributed by atoms with Gasteiger partial charge < -0.3 is 20.0 Å². The van der Waals surface area contributed by atoms with Crippen molar-refractivity contribution in [1.82, 2.24) is 19.8 Å². The first-order chi connectivity index (χ1) is 17.0. The summed E-state index contributed by atoms with van der Waals surface area (Å²) in [5.74, 6) is 0.00954. The van der Waals surface area contributed by atoms with Gasteiger partial charge in [-0.2, -0.15) is 4.99 Å². The number of hydrogen-bond acceptors (Lipinski definition) is 8. The van der Waals surface area contributed by atoms with Crippen molar-refractivity contribution >= 4 is 46.3 Å². The van der Waals surface area contributed by atoms with Gasteiger partial charge in [-0.1, -0.05) is 17.8 Å². The van der Waals surface area contributed by atoms with Gasteiger partial charge in [0.1, 0.15) is 5.25 Å². The van der Waals surface area contributed by atoms with Crippen molar-refractivity contribution in [3.05, 3.63) is 48.3 Å². The number of amides is 3. The highest BCUT2D eigenvalue weighted by molar-refractivity contribution is 8.15. The van der Waals surface area contributed by atoms with Crippen LogP contribution in [0, 0.1) is 0 Å². The van der Waals surface area contributed by atoms with Gasteiger partial charge in [0, 0.05) is 69.3 Å². The molecule has 0 spiro atoms. The fourth-order valence-electron chi connectivity index (χ4n) is 4.00. The lowest BCUT2D eigenvalue weighted by Crippen LogP contribution is -2.49. The number of anilines is 2. The lowest BCUT2D eigenvalue weighted by atomic mass is 10.1. The number of hydrogen-bond donors (Lipinski definition) is 1. The SMILES string of the molecule is CCN(CC)C1=NC(=O)[C@@H](CC(=O)Nc2cccc(C(=O)N3CCN(c4ncccn4)CC3)c2)S1. The molecule has 1 saturated heterocycles. The summed E-state index contributed by atoms with van der Waals surface area (Å²) >= 11 is 1.33. The Hall–Kier alpha value is -3.47. The molecule has 0 saturated carbocycles. The van der Waals surface area contributed by atoms with Gasteiger partial charge in [0.05, 0.1) is 0 Å². The average molecular weight is 496 g/mol. The number of aromatic nitrogens is 2. The van der Waals surface area contributed by atoms with Crippen molar-refractivity contribution in [1.29, 1.82) is 0 Å². The lowest BCUT2D eigenvalue weighted by Gasteiger charge is -2.34. The molecule has 1 N–H and O–H groups in total. The van der Waals surface area contributed by atoms with Gasteiger partial charge in [0.25, 0.3) is 11.8 Å². The highest BCUT2D eigenvalue weighted by Gasteiger charge is 2.32. The lowest BCUT2D eigenvalue weighted by molar-refractivity contribution is -0.121. The van der Waals surface area contributed by atoms with Crippen LogP contribution in [0.5, 0.6) is 0 Å². The third kappa shape index (κ3) is 5.97. The summed E-state index contributed by atoms with van der Waals surface area (Å²) in [7, 11) is 0. The Morgan fingerprint density at radius 1 is 1.09 bits per heavy atom. The highest BCUT2D eigenvalue weighted by Crippen LogP contribution is 2.27. The molecule has 1 atom stereocenters. The average Bonchev–Trinajstić information content (AvgIpc) is 3.24. The number of aliphatic imine (C=N–C) groups is 1. The van der Waals surface area contributed by atoms with E-state index in [0.717, 1.165) is 13.1 Å². The Morgan fingerprint density at radius 3 is 2.49 bits per heavy atom. The largest absolute Gasteiger partial charge is 0.352 e. The number of benzene rings is 1. The van der Waals surface area contributed by atoms with Gasteiger partial charge in [-0.3, -0.25) is 14.4 Å². The summed E-state index contributed by atoms with van der Waals surface area (Å²) in [6.07, 6.45) is 3.44. The van der Waals surface area contributed by atoms with Crippen LogP contribution in [-0.4, -0.2) is 87.2 Å². The first kappa shape index (κ1) is 24.6. The molecule has 3 heterocycles. The molecule has 0 aliphatic carbocycles. The van der Waals surface area contributed by atoms with Crippen LogP contribution in [0.2, 0.25) is 0 Å². The van der Waals surface area contributed by atoms with Crippen molar-refractivity contribution in [2.75, 3.05) is 49.5 Å². The Balaban J connectivity index is 1.31. The quantitative estimate of drug-likeness (QED) is 0.622. The van der Waals surface area contributed by atoms with E-state index in [-0.39, 0.29) is 24.1 Å². The predicted octanol–water partition coefficient (Wildman–Crippen LogP) is 2.11. The van der Waals surface area contributed by atoms with E-state index in [1.54, 1.807) is 47.6 Å². The summed E-state index contributed by atoms with van der Waals surface area (Å²) < 4.78 is 0. The molecule has 2 aliphatic rings. The van der Waals surface area contributed by atoms with E-state index in [1.165, 1.54) is 11.8 Å². The molecule has 184 valence electrons. The first-order valence-electron chi connectivity index (χ1n) is 11.7. The minimum atomic E-state index is -0.527. The van der Waals surface area contributed by atoms with E-state index in [1.807, 2.05) is 18.7 Å². The van der Waals surface area contributed by atoms with Crippen LogP contribution in [0.25, 0.3) is 0 Å². The Labute approximate surface area is 208 Å². The summed E-state index contributed by atoms with van der Waals surface area (Å²) in [6, 6.07) is 8.67. The number of carbonyl (C=O) groups excluding carboxylic acids is 3. The summed E-state index contributed by atoms with van der Waals surface area (Å²) in [5, 5.41) is 2.97. The zero-order valence-corrected chi connectivity index (χ0v) is 20.7. The van der Waals surface area contributed by atoms with Gasteiger partial charge in [-0.25, -0.2) is 9.97 Å².